The van der Waals surface area contributed by atoms with Crippen LogP contribution in [-0.2, 0) is 4.79 Å². The van der Waals surface area contributed by atoms with Gasteiger partial charge in [-0.05, 0) is 54.6 Å². The predicted molar refractivity (Wildman–Crippen MR) is 97.4 cm³/mol. The number of carbonyl (C=O) groups is 1. The van der Waals surface area contributed by atoms with Crippen molar-refractivity contribution < 1.29 is 14.3 Å². The van der Waals surface area contributed by atoms with Crippen molar-refractivity contribution in [2.45, 2.75) is 12.1 Å². The second-order valence-electron chi connectivity index (χ2n) is 5.21. The van der Waals surface area contributed by atoms with Gasteiger partial charge < -0.3 is 9.52 Å². The molecule has 7 heteroatoms. The summed E-state index contributed by atoms with van der Waals surface area (Å²) in [5.74, 6) is -0.754. The lowest BCUT2D eigenvalue weighted by molar-refractivity contribution is -0.131. The second-order valence-corrected chi connectivity index (χ2v) is 6.64. The molecule has 0 atom stereocenters. The molecule has 25 heavy (non-hydrogen) atoms. The van der Waals surface area contributed by atoms with E-state index >= 15 is 0 Å². The van der Waals surface area contributed by atoms with E-state index in [4.69, 9.17) is 16.0 Å². The molecule has 0 spiro atoms. The molecule has 0 aliphatic heterocycles. The molecule has 2 aromatic carbocycles. The molecule has 0 aliphatic carbocycles. The van der Waals surface area contributed by atoms with Crippen LogP contribution in [0.4, 0.5) is 0 Å². The molecule has 0 amide bonds. The van der Waals surface area contributed by atoms with Crippen LogP contribution in [0.15, 0.2) is 63.1 Å². The van der Waals surface area contributed by atoms with Gasteiger partial charge in [-0.25, -0.2) is 4.79 Å². The summed E-state index contributed by atoms with van der Waals surface area (Å²) in [6.07, 6.45) is 1.57. The van der Waals surface area contributed by atoms with Crippen molar-refractivity contribution in [2.24, 2.45) is 0 Å². The number of rotatable bonds is 5. The summed E-state index contributed by atoms with van der Waals surface area (Å²) >= 11 is 6.76. The Kier molecular flexibility index (Phi) is 5.21. The lowest BCUT2D eigenvalue weighted by Gasteiger charge is -2.00. The Morgan fingerprint density at radius 1 is 1.12 bits per heavy atom. The minimum absolute atomic E-state index is 0.0927. The standard InChI is InChI=1S/C18H13ClN2O3S/c1-11-2-4-12(5-3-11)10-15(17(22)23)25-18-21-20-16(24-18)13-6-8-14(19)9-7-13/h2-10H,1H3,(H,22,23)/b15-10-. The van der Waals surface area contributed by atoms with Crippen molar-refractivity contribution in [3.05, 3.63) is 69.6 Å². The summed E-state index contributed by atoms with van der Waals surface area (Å²) < 4.78 is 5.54. The van der Waals surface area contributed by atoms with E-state index in [2.05, 4.69) is 10.2 Å². The molecule has 3 rings (SSSR count). The first-order valence-electron chi connectivity index (χ1n) is 7.30. The van der Waals surface area contributed by atoms with E-state index in [1.165, 1.54) is 0 Å². The fraction of sp³-hybridized carbons (Fsp3) is 0.0556. The van der Waals surface area contributed by atoms with E-state index in [1.54, 1.807) is 30.3 Å². The molecule has 0 saturated carbocycles. The van der Waals surface area contributed by atoms with Crippen LogP contribution in [-0.4, -0.2) is 21.3 Å². The van der Waals surface area contributed by atoms with Gasteiger partial charge in [-0.15, -0.1) is 10.2 Å². The van der Waals surface area contributed by atoms with Crippen molar-refractivity contribution in [1.82, 2.24) is 10.2 Å². The van der Waals surface area contributed by atoms with Crippen LogP contribution in [0.1, 0.15) is 11.1 Å². The van der Waals surface area contributed by atoms with Gasteiger partial charge in [0, 0.05) is 10.6 Å². The zero-order chi connectivity index (χ0) is 17.8. The topological polar surface area (TPSA) is 76.2 Å². The number of hydrogen-bond donors (Lipinski definition) is 1. The Hall–Kier alpha value is -2.57. The van der Waals surface area contributed by atoms with Gasteiger partial charge in [-0.3, -0.25) is 0 Å². The molecular formula is C18H13ClN2O3S. The number of halogens is 1. The van der Waals surface area contributed by atoms with Gasteiger partial charge in [0.25, 0.3) is 5.22 Å². The number of carboxylic acids is 1. The molecule has 1 heterocycles. The summed E-state index contributed by atoms with van der Waals surface area (Å²) in [4.78, 5) is 11.6. The quantitative estimate of drug-likeness (QED) is 0.506. The van der Waals surface area contributed by atoms with E-state index in [0.717, 1.165) is 22.9 Å². The maximum atomic E-state index is 11.5. The Balaban J connectivity index is 1.82. The van der Waals surface area contributed by atoms with Crippen LogP contribution in [0.5, 0.6) is 0 Å². The normalized spacial score (nSPS) is 11.5. The summed E-state index contributed by atoms with van der Waals surface area (Å²) in [7, 11) is 0. The fourth-order valence-corrected chi connectivity index (χ4v) is 2.80. The smallest absolute Gasteiger partial charge is 0.342 e. The molecule has 1 aromatic heterocycles. The largest absolute Gasteiger partial charge is 0.477 e. The van der Waals surface area contributed by atoms with Gasteiger partial charge in [0.05, 0.1) is 0 Å². The average Bonchev–Trinajstić information content (AvgIpc) is 3.05. The number of hydrogen-bond acceptors (Lipinski definition) is 5. The first-order valence-corrected chi connectivity index (χ1v) is 8.49. The number of aliphatic carboxylic acids is 1. The number of nitrogens with zero attached hydrogens (tertiary/aromatic N) is 2. The number of carboxylic acid groups (broad SMARTS) is 1. The maximum Gasteiger partial charge on any atom is 0.342 e. The Bertz CT molecular complexity index is 918. The van der Waals surface area contributed by atoms with Gasteiger partial charge in [-0.1, -0.05) is 41.4 Å². The van der Waals surface area contributed by atoms with Crippen molar-refractivity contribution in [1.29, 1.82) is 0 Å². The summed E-state index contributed by atoms with van der Waals surface area (Å²) in [6, 6.07) is 14.5. The molecule has 126 valence electrons. The van der Waals surface area contributed by atoms with Crippen LogP contribution in [0, 0.1) is 6.92 Å². The molecule has 0 fully saturated rings. The highest BCUT2D eigenvalue weighted by molar-refractivity contribution is 8.03. The highest BCUT2D eigenvalue weighted by Gasteiger charge is 2.16. The zero-order valence-electron chi connectivity index (χ0n) is 13.1. The monoisotopic (exact) mass is 372 g/mol. The first kappa shape index (κ1) is 17.3. The zero-order valence-corrected chi connectivity index (χ0v) is 14.7. The van der Waals surface area contributed by atoms with E-state index in [9.17, 15) is 9.90 Å². The van der Waals surface area contributed by atoms with Crippen LogP contribution in [0.3, 0.4) is 0 Å². The molecule has 0 unspecified atom stereocenters. The lowest BCUT2D eigenvalue weighted by atomic mass is 10.1. The van der Waals surface area contributed by atoms with Gasteiger partial charge in [0.15, 0.2) is 0 Å². The highest BCUT2D eigenvalue weighted by atomic mass is 35.5. The number of thioether (sulfide) groups is 1. The molecule has 0 bridgehead atoms. The average molecular weight is 373 g/mol. The molecule has 1 N–H and O–H groups in total. The molecule has 0 radical (unpaired) electrons. The van der Waals surface area contributed by atoms with Gasteiger partial charge in [0.1, 0.15) is 4.91 Å². The van der Waals surface area contributed by atoms with Crippen LogP contribution < -0.4 is 0 Å². The summed E-state index contributed by atoms with van der Waals surface area (Å²) in [5.41, 5.74) is 2.60. The maximum absolute atomic E-state index is 11.5. The Morgan fingerprint density at radius 2 is 1.80 bits per heavy atom. The first-order chi connectivity index (χ1) is 12.0. The Labute approximate surface area is 153 Å². The third-order valence-electron chi connectivity index (χ3n) is 3.28. The van der Waals surface area contributed by atoms with Crippen molar-refractivity contribution in [3.8, 4) is 11.5 Å². The van der Waals surface area contributed by atoms with Crippen LogP contribution in [0.2, 0.25) is 5.02 Å². The molecule has 0 saturated heterocycles. The van der Waals surface area contributed by atoms with E-state index in [0.29, 0.717) is 16.5 Å². The molecular weight excluding hydrogens is 360 g/mol. The predicted octanol–water partition coefficient (Wildman–Crippen LogP) is 4.92. The third kappa shape index (κ3) is 4.49. The second kappa shape index (κ2) is 7.55. The number of benzene rings is 2. The van der Waals surface area contributed by atoms with Crippen LogP contribution >= 0.6 is 23.4 Å². The molecule has 0 aliphatic rings. The molecule has 3 aromatic rings. The van der Waals surface area contributed by atoms with Gasteiger partial charge in [-0.2, -0.15) is 0 Å². The SMILES string of the molecule is Cc1ccc(/C=C(\Sc2nnc(-c3ccc(Cl)cc3)o2)C(=O)O)cc1. The van der Waals surface area contributed by atoms with E-state index < -0.39 is 5.97 Å². The van der Waals surface area contributed by atoms with Crippen LogP contribution in [0.25, 0.3) is 17.5 Å². The highest BCUT2D eigenvalue weighted by Crippen LogP contribution is 2.30. The fourth-order valence-electron chi connectivity index (χ4n) is 2.00. The minimum atomic E-state index is -1.06. The summed E-state index contributed by atoms with van der Waals surface area (Å²) in [5, 5.41) is 18.0. The van der Waals surface area contributed by atoms with Crippen molar-refractivity contribution in [2.75, 3.05) is 0 Å². The number of aromatic nitrogens is 2. The summed E-state index contributed by atoms with van der Waals surface area (Å²) in [6.45, 7) is 1.97. The minimum Gasteiger partial charge on any atom is -0.477 e. The van der Waals surface area contributed by atoms with Crippen molar-refractivity contribution in [3.63, 3.8) is 0 Å². The van der Waals surface area contributed by atoms with E-state index in [-0.39, 0.29) is 10.1 Å². The number of aryl methyl sites for hydroxylation is 1. The van der Waals surface area contributed by atoms with Gasteiger partial charge >= 0.3 is 5.97 Å². The van der Waals surface area contributed by atoms with Gasteiger partial charge in [0.2, 0.25) is 5.89 Å². The van der Waals surface area contributed by atoms with E-state index in [1.807, 2.05) is 31.2 Å². The Morgan fingerprint density at radius 3 is 2.44 bits per heavy atom. The lowest BCUT2D eigenvalue weighted by Crippen LogP contribution is -1.96. The third-order valence-corrected chi connectivity index (χ3v) is 4.38. The molecule has 5 nitrogen and oxygen atoms in total. The van der Waals surface area contributed by atoms with Crippen molar-refractivity contribution >= 4 is 35.4 Å².